The fraction of sp³-hybridized carbons (Fsp3) is 0.111. The van der Waals surface area contributed by atoms with E-state index in [0.29, 0.717) is 45.6 Å². The lowest BCUT2D eigenvalue weighted by molar-refractivity contribution is 0.300. The van der Waals surface area contributed by atoms with Crippen LogP contribution in [-0.4, -0.2) is 6.61 Å². The minimum absolute atomic E-state index is 0.0124. The molecule has 0 aliphatic carbocycles. The van der Waals surface area contributed by atoms with Crippen molar-refractivity contribution in [2.24, 2.45) is 0 Å². The predicted molar refractivity (Wildman–Crippen MR) is 126 cm³/mol. The van der Waals surface area contributed by atoms with Crippen molar-refractivity contribution in [3.8, 4) is 22.6 Å². The molecular formula is C27H19FO6. The van der Waals surface area contributed by atoms with Crippen molar-refractivity contribution < 1.29 is 22.7 Å². The summed E-state index contributed by atoms with van der Waals surface area (Å²) in [5.74, 6) is 0.494. The molecule has 34 heavy (non-hydrogen) atoms. The zero-order valence-electron chi connectivity index (χ0n) is 18.2. The van der Waals surface area contributed by atoms with E-state index in [1.54, 1.807) is 54.6 Å². The van der Waals surface area contributed by atoms with Crippen LogP contribution < -0.4 is 20.7 Å². The molecule has 0 bridgehead atoms. The van der Waals surface area contributed by atoms with Gasteiger partial charge in [-0.2, -0.15) is 0 Å². The Bertz CT molecular complexity index is 1630. The first-order valence-corrected chi connectivity index (χ1v) is 10.7. The molecule has 0 radical (unpaired) electrons. The molecule has 6 nitrogen and oxygen atoms in total. The Morgan fingerprint density at radius 3 is 2.53 bits per heavy atom. The lowest BCUT2D eigenvalue weighted by atomic mass is 10.0. The van der Waals surface area contributed by atoms with Gasteiger partial charge in [0.1, 0.15) is 23.8 Å². The maximum Gasteiger partial charge on any atom is 0.344 e. The second kappa shape index (κ2) is 8.86. The highest BCUT2D eigenvalue weighted by molar-refractivity contribution is 5.96. The summed E-state index contributed by atoms with van der Waals surface area (Å²) in [5.41, 5.74) is 0.342. The Kier molecular flexibility index (Phi) is 5.59. The van der Waals surface area contributed by atoms with Gasteiger partial charge in [0, 0.05) is 34.0 Å². The van der Waals surface area contributed by atoms with Crippen molar-refractivity contribution in [2.75, 3.05) is 6.61 Å². The van der Waals surface area contributed by atoms with E-state index in [-0.39, 0.29) is 23.6 Å². The van der Waals surface area contributed by atoms with Crippen LogP contribution in [0.3, 0.4) is 0 Å². The Morgan fingerprint density at radius 2 is 1.71 bits per heavy atom. The number of halogens is 1. The fourth-order valence-corrected chi connectivity index (χ4v) is 3.81. The van der Waals surface area contributed by atoms with Crippen molar-refractivity contribution in [3.05, 3.63) is 105 Å². The zero-order valence-corrected chi connectivity index (χ0v) is 18.2. The molecule has 0 spiro atoms. The van der Waals surface area contributed by atoms with Crippen molar-refractivity contribution in [1.29, 1.82) is 0 Å². The summed E-state index contributed by atoms with van der Waals surface area (Å²) >= 11 is 0. The number of benzene rings is 3. The molecule has 0 unspecified atom stereocenters. The summed E-state index contributed by atoms with van der Waals surface area (Å²) in [5, 5.41) is 1.19. The lowest BCUT2D eigenvalue weighted by Crippen LogP contribution is -2.07. The number of hydrogen-bond donors (Lipinski definition) is 0. The van der Waals surface area contributed by atoms with Crippen molar-refractivity contribution in [2.45, 2.75) is 13.5 Å². The van der Waals surface area contributed by atoms with Gasteiger partial charge >= 0.3 is 11.3 Å². The molecule has 5 rings (SSSR count). The van der Waals surface area contributed by atoms with Gasteiger partial charge in [-0.1, -0.05) is 30.3 Å². The van der Waals surface area contributed by atoms with Crippen LogP contribution in [0.4, 0.5) is 4.39 Å². The molecule has 0 N–H and O–H groups in total. The average Bonchev–Trinajstić information content (AvgIpc) is 2.83. The van der Waals surface area contributed by atoms with E-state index in [2.05, 4.69) is 0 Å². The number of rotatable bonds is 6. The third-order valence-electron chi connectivity index (χ3n) is 5.38. The monoisotopic (exact) mass is 458 g/mol. The third-order valence-corrected chi connectivity index (χ3v) is 5.38. The highest BCUT2D eigenvalue weighted by atomic mass is 19.1. The predicted octanol–water partition coefficient (Wildman–Crippen LogP) is 5.68. The number of ether oxygens (including phenoxy) is 2. The smallest absolute Gasteiger partial charge is 0.344 e. The van der Waals surface area contributed by atoms with E-state index in [9.17, 15) is 14.0 Å². The molecule has 0 aliphatic rings. The summed E-state index contributed by atoms with van der Waals surface area (Å²) in [4.78, 5) is 25.2. The molecule has 2 heterocycles. The van der Waals surface area contributed by atoms with Crippen LogP contribution in [0.15, 0.2) is 91.2 Å². The topological polar surface area (TPSA) is 78.9 Å². The highest BCUT2D eigenvalue weighted by Crippen LogP contribution is 2.32. The quantitative estimate of drug-likeness (QED) is 0.305. The second-order valence-corrected chi connectivity index (χ2v) is 7.57. The fourth-order valence-electron chi connectivity index (χ4n) is 3.81. The molecule has 7 heteroatoms. The largest absolute Gasteiger partial charge is 0.490 e. The number of para-hydroxylation sites is 1. The Labute approximate surface area is 192 Å². The second-order valence-electron chi connectivity index (χ2n) is 7.57. The van der Waals surface area contributed by atoms with E-state index in [1.165, 1.54) is 18.2 Å². The van der Waals surface area contributed by atoms with Crippen LogP contribution >= 0.6 is 0 Å². The van der Waals surface area contributed by atoms with Crippen LogP contribution in [0.25, 0.3) is 33.1 Å². The van der Waals surface area contributed by atoms with Crippen LogP contribution in [-0.2, 0) is 6.61 Å². The SMILES string of the molecule is CCOc1cccc2cc(-c3cc(=O)oc4cc(OCc5ccccc5F)ccc34)c(=O)oc12. The van der Waals surface area contributed by atoms with E-state index >= 15 is 0 Å². The number of hydrogen-bond acceptors (Lipinski definition) is 6. The molecule has 0 amide bonds. The first-order valence-electron chi connectivity index (χ1n) is 10.7. The Hall–Kier alpha value is -4.39. The van der Waals surface area contributed by atoms with Gasteiger partial charge in [0.15, 0.2) is 11.3 Å². The van der Waals surface area contributed by atoms with E-state index in [4.69, 9.17) is 18.3 Å². The summed E-state index contributed by atoms with van der Waals surface area (Å²) in [6.07, 6.45) is 0. The first kappa shape index (κ1) is 21.5. The summed E-state index contributed by atoms with van der Waals surface area (Å²) in [7, 11) is 0. The third kappa shape index (κ3) is 4.03. The van der Waals surface area contributed by atoms with Crippen LogP contribution in [0.2, 0.25) is 0 Å². The van der Waals surface area contributed by atoms with Gasteiger partial charge < -0.3 is 18.3 Å². The van der Waals surface area contributed by atoms with Gasteiger partial charge in [-0.05, 0) is 37.3 Å². The zero-order chi connectivity index (χ0) is 23.7. The summed E-state index contributed by atoms with van der Waals surface area (Å²) in [6.45, 7) is 2.28. The van der Waals surface area contributed by atoms with E-state index in [1.807, 2.05) is 6.92 Å². The van der Waals surface area contributed by atoms with Crippen molar-refractivity contribution in [3.63, 3.8) is 0 Å². The van der Waals surface area contributed by atoms with Crippen LogP contribution in [0.5, 0.6) is 11.5 Å². The maximum atomic E-state index is 13.9. The standard InChI is InChI=1S/C27H19FO6/c1-2-31-23-9-5-7-16-12-21(27(30)34-26(16)23)20-14-25(29)33-24-13-18(10-11-19(20)24)32-15-17-6-3-4-8-22(17)28/h3-14H,2,15H2,1H3. The van der Waals surface area contributed by atoms with Crippen LogP contribution in [0.1, 0.15) is 12.5 Å². The highest BCUT2D eigenvalue weighted by Gasteiger charge is 2.16. The molecule has 0 fully saturated rings. The van der Waals surface area contributed by atoms with Gasteiger partial charge in [-0.15, -0.1) is 0 Å². The molecule has 3 aromatic carbocycles. The molecule has 0 aliphatic heterocycles. The van der Waals surface area contributed by atoms with E-state index < -0.39 is 11.3 Å². The normalized spacial score (nSPS) is 11.1. The minimum atomic E-state index is -0.628. The Balaban J connectivity index is 1.57. The molecule has 2 aromatic heterocycles. The molecule has 5 aromatic rings. The molecular weight excluding hydrogens is 439 g/mol. The van der Waals surface area contributed by atoms with Crippen molar-refractivity contribution >= 4 is 21.9 Å². The molecule has 0 saturated heterocycles. The van der Waals surface area contributed by atoms with Gasteiger partial charge in [0.2, 0.25) is 0 Å². The van der Waals surface area contributed by atoms with Gasteiger partial charge in [-0.3, -0.25) is 0 Å². The van der Waals surface area contributed by atoms with Crippen LogP contribution in [0, 0.1) is 5.82 Å². The number of fused-ring (bicyclic) bond motifs is 2. The first-order chi connectivity index (χ1) is 16.5. The maximum absolute atomic E-state index is 13.9. The lowest BCUT2D eigenvalue weighted by Gasteiger charge is -2.10. The minimum Gasteiger partial charge on any atom is -0.490 e. The van der Waals surface area contributed by atoms with Gasteiger partial charge in [-0.25, -0.2) is 14.0 Å². The summed E-state index contributed by atoms with van der Waals surface area (Å²) < 4.78 is 36.0. The molecule has 170 valence electrons. The van der Waals surface area contributed by atoms with E-state index in [0.717, 1.165) is 0 Å². The summed E-state index contributed by atoms with van der Waals surface area (Å²) in [6, 6.07) is 19.5. The Morgan fingerprint density at radius 1 is 0.853 bits per heavy atom. The average molecular weight is 458 g/mol. The van der Waals surface area contributed by atoms with Gasteiger partial charge in [0.25, 0.3) is 0 Å². The molecule has 0 saturated carbocycles. The van der Waals surface area contributed by atoms with Gasteiger partial charge in [0.05, 0.1) is 12.2 Å². The molecule has 0 atom stereocenters. The van der Waals surface area contributed by atoms with Crippen molar-refractivity contribution in [1.82, 2.24) is 0 Å².